The molecular weight excluding hydrogens is 551 g/mol. The largest absolute Gasteiger partial charge is 0.309 e. The third kappa shape index (κ3) is 4.29. The minimum atomic E-state index is -3.13. The van der Waals surface area contributed by atoms with Crippen LogP contribution in [0.2, 0.25) is 0 Å². The molecule has 0 aliphatic rings. The molecule has 0 aliphatic carbocycles. The molecule has 8 rings (SSSR count). The van der Waals surface area contributed by atoms with E-state index in [0.29, 0.717) is 0 Å². The van der Waals surface area contributed by atoms with Crippen LogP contribution in [0.25, 0.3) is 54.6 Å². The maximum absolute atomic E-state index is 15.3. The van der Waals surface area contributed by atoms with Crippen LogP contribution in [0.5, 0.6) is 0 Å². The molecule has 0 bridgehead atoms. The summed E-state index contributed by atoms with van der Waals surface area (Å²) in [5.74, 6) is 0. The highest BCUT2D eigenvalue weighted by molar-refractivity contribution is 7.85. The Morgan fingerprint density at radius 3 is 1.30 bits per heavy atom. The lowest BCUT2D eigenvalue weighted by Gasteiger charge is -2.22. The standard InChI is InChI=1S/C42H29OP/c43-44(34-17-3-1-4-18-34,35-19-5-2-6-20-35)36-21-13-16-32(29-36)41-37-22-9-11-24-39(37)42(40-25-12-10-23-38(40)41)33-27-26-30-14-7-8-15-31(30)28-33/h1-29H. The highest BCUT2D eigenvalue weighted by Crippen LogP contribution is 2.46. The van der Waals surface area contributed by atoms with E-state index in [-0.39, 0.29) is 0 Å². The van der Waals surface area contributed by atoms with Crippen molar-refractivity contribution in [1.82, 2.24) is 0 Å². The highest BCUT2D eigenvalue weighted by atomic mass is 31.2. The molecule has 0 saturated heterocycles. The van der Waals surface area contributed by atoms with E-state index in [0.717, 1.165) is 27.0 Å². The number of hydrogen-bond donors (Lipinski definition) is 0. The van der Waals surface area contributed by atoms with Crippen molar-refractivity contribution in [3.05, 3.63) is 176 Å². The van der Waals surface area contributed by atoms with Gasteiger partial charge in [-0.3, -0.25) is 0 Å². The van der Waals surface area contributed by atoms with Crippen LogP contribution in [-0.4, -0.2) is 0 Å². The van der Waals surface area contributed by atoms with E-state index in [1.165, 1.54) is 43.4 Å². The van der Waals surface area contributed by atoms with Crippen molar-refractivity contribution in [2.75, 3.05) is 0 Å². The Kier molecular flexibility index (Phi) is 6.48. The summed E-state index contributed by atoms with van der Waals surface area (Å²) >= 11 is 0. The van der Waals surface area contributed by atoms with Gasteiger partial charge in [0.15, 0.2) is 7.14 Å². The fraction of sp³-hybridized carbons (Fsp3) is 0. The summed E-state index contributed by atoms with van der Waals surface area (Å²) in [6, 6.07) is 60.9. The van der Waals surface area contributed by atoms with E-state index in [1.54, 1.807) is 0 Å². The normalized spacial score (nSPS) is 11.7. The minimum absolute atomic E-state index is 0.833. The Balaban J connectivity index is 1.41. The van der Waals surface area contributed by atoms with Gasteiger partial charge in [-0.05, 0) is 66.7 Å². The minimum Gasteiger partial charge on any atom is -0.309 e. The third-order valence-corrected chi connectivity index (χ3v) is 11.8. The fourth-order valence-corrected chi connectivity index (χ4v) is 9.37. The second-order valence-corrected chi connectivity index (χ2v) is 14.0. The highest BCUT2D eigenvalue weighted by Gasteiger charge is 2.30. The van der Waals surface area contributed by atoms with Crippen LogP contribution in [0, 0.1) is 0 Å². The van der Waals surface area contributed by atoms with Crippen molar-refractivity contribution in [1.29, 1.82) is 0 Å². The van der Waals surface area contributed by atoms with Crippen molar-refractivity contribution < 1.29 is 4.57 Å². The average molecular weight is 581 g/mol. The lowest BCUT2D eigenvalue weighted by atomic mass is 9.85. The Morgan fingerprint density at radius 1 is 0.318 bits per heavy atom. The lowest BCUT2D eigenvalue weighted by molar-refractivity contribution is 0.592. The predicted molar refractivity (Wildman–Crippen MR) is 189 cm³/mol. The zero-order chi connectivity index (χ0) is 29.5. The summed E-state index contributed by atoms with van der Waals surface area (Å²) in [4.78, 5) is 0. The summed E-state index contributed by atoms with van der Waals surface area (Å²) in [6.45, 7) is 0. The average Bonchev–Trinajstić information content (AvgIpc) is 3.10. The fourth-order valence-electron chi connectivity index (χ4n) is 6.68. The maximum Gasteiger partial charge on any atom is 0.171 e. The van der Waals surface area contributed by atoms with Crippen molar-refractivity contribution in [3.63, 3.8) is 0 Å². The Labute approximate surface area is 257 Å². The zero-order valence-corrected chi connectivity index (χ0v) is 25.0. The predicted octanol–water partition coefficient (Wildman–Crippen LogP) is 10.1. The van der Waals surface area contributed by atoms with Gasteiger partial charge in [0.05, 0.1) is 0 Å². The molecule has 0 aromatic heterocycles. The van der Waals surface area contributed by atoms with Gasteiger partial charge in [-0.2, -0.15) is 0 Å². The topological polar surface area (TPSA) is 17.1 Å². The molecule has 0 atom stereocenters. The van der Waals surface area contributed by atoms with Crippen LogP contribution in [-0.2, 0) is 4.57 Å². The van der Waals surface area contributed by atoms with Crippen molar-refractivity contribution in [2.24, 2.45) is 0 Å². The number of hydrogen-bond acceptors (Lipinski definition) is 1. The van der Waals surface area contributed by atoms with Gasteiger partial charge in [-0.1, -0.05) is 164 Å². The van der Waals surface area contributed by atoms with Crippen LogP contribution in [0.3, 0.4) is 0 Å². The molecule has 44 heavy (non-hydrogen) atoms. The van der Waals surface area contributed by atoms with E-state index in [2.05, 4.69) is 109 Å². The van der Waals surface area contributed by atoms with Gasteiger partial charge in [0, 0.05) is 15.9 Å². The first kappa shape index (κ1) is 26.4. The summed E-state index contributed by atoms with van der Waals surface area (Å²) in [5.41, 5.74) is 4.66. The molecule has 0 fully saturated rings. The summed E-state index contributed by atoms with van der Waals surface area (Å²) in [5, 5.41) is 9.74. The molecule has 0 heterocycles. The van der Waals surface area contributed by atoms with E-state index >= 15 is 4.57 Å². The van der Waals surface area contributed by atoms with Crippen molar-refractivity contribution in [3.8, 4) is 22.3 Å². The summed E-state index contributed by atoms with van der Waals surface area (Å²) in [6.07, 6.45) is 0. The molecule has 0 unspecified atom stereocenters. The van der Waals surface area contributed by atoms with E-state index < -0.39 is 7.14 Å². The van der Waals surface area contributed by atoms with Gasteiger partial charge < -0.3 is 4.57 Å². The molecule has 8 aromatic carbocycles. The van der Waals surface area contributed by atoms with Gasteiger partial charge in [0.2, 0.25) is 0 Å². The first-order valence-corrected chi connectivity index (χ1v) is 16.7. The van der Waals surface area contributed by atoms with Gasteiger partial charge in [0.25, 0.3) is 0 Å². The Morgan fingerprint density at radius 2 is 0.750 bits per heavy atom. The molecule has 0 N–H and O–H groups in total. The van der Waals surface area contributed by atoms with Crippen molar-refractivity contribution >= 4 is 55.4 Å². The SMILES string of the molecule is O=P(c1ccccc1)(c1ccccc1)c1cccc(-c2c3ccccc3c(-c3ccc4ccccc4c3)c3ccccc23)c1. The zero-order valence-electron chi connectivity index (χ0n) is 24.1. The lowest BCUT2D eigenvalue weighted by Crippen LogP contribution is -2.25. The van der Waals surface area contributed by atoms with Crippen molar-refractivity contribution in [2.45, 2.75) is 0 Å². The number of fused-ring (bicyclic) bond motifs is 3. The molecule has 1 nitrogen and oxygen atoms in total. The Hall–Kier alpha value is -5.23. The first-order chi connectivity index (χ1) is 21.7. The molecule has 8 aromatic rings. The molecule has 208 valence electrons. The molecule has 0 radical (unpaired) electrons. The van der Waals surface area contributed by atoms with E-state index in [4.69, 9.17) is 0 Å². The van der Waals surface area contributed by atoms with Crippen LogP contribution >= 0.6 is 7.14 Å². The summed E-state index contributed by atoms with van der Waals surface area (Å²) < 4.78 is 15.3. The van der Waals surface area contributed by atoms with Crippen LogP contribution in [0.1, 0.15) is 0 Å². The van der Waals surface area contributed by atoms with Crippen LogP contribution in [0.15, 0.2) is 176 Å². The van der Waals surface area contributed by atoms with Gasteiger partial charge in [0.1, 0.15) is 0 Å². The molecule has 0 aliphatic heterocycles. The number of benzene rings is 8. The first-order valence-electron chi connectivity index (χ1n) is 15.0. The van der Waals surface area contributed by atoms with E-state index in [9.17, 15) is 0 Å². The van der Waals surface area contributed by atoms with Crippen LogP contribution in [0.4, 0.5) is 0 Å². The molecular formula is C42H29OP. The third-order valence-electron chi connectivity index (χ3n) is 8.71. The maximum atomic E-state index is 15.3. The monoisotopic (exact) mass is 580 g/mol. The molecule has 2 heteroatoms. The quantitative estimate of drug-likeness (QED) is 0.146. The Bertz CT molecular complexity index is 2260. The smallest absolute Gasteiger partial charge is 0.171 e. The molecule has 0 amide bonds. The van der Waals surface area contributed by atoms with Crippen LogP contribution < -0.4 is 15.9 Å². The van der Waals surface area contributed by atoms with Gasteiger partial charge in [-0.15, -0.1) is 0 Å². The number of rotatable bonds is 5. The second-order valence-electron chi connectivity index (χ2n) is 11.2. The molecule has 0 saturated carbocycles. The van der Waals surface area contributed by atoms with Gasteiger partial charge >= 0.3 is 0 Å². The van der Waals surface area contributed by atoms with E-state index in [1.807, 2.05) is 66.7 Å². The second kappa shape index (κ2) is 10.8. The van der Waals surface area contributed by atoms with Gasteiger partial charge in [-0.25, -0.2) is 0 Å². The summed E-state index contributed by atoms with van der Waals surface area (Å²) in [7, 11) is -3.13. The molecule has 0 spiro atoms.